The second-order valence-corrected chi connectivity index (χ2v) is 5.80. The number of nitrogens with zero attached hydrogens (tertiary/aromatic N) is 3. The van der Waals surface area contributed by atoms with Gasteiger partial charge in [0.2, 0.25) is 0 Å². The number of nitriles is 1. The summed E-state index contributed by atoms with van der Waals surface area (Å²) >= 11 is 1.31. The van der Waals surface area contributed by atoms with Crippen LogP contribution in [0.5, 0.6) is 0 Å². The highest BCUT2D eigenvalue weighted by Crippen LogP contribution is 2.26. The van der Waals surface area contributed by atoms with Crippen LogP contribution in [-0.4, -0.2) is 16.2 Å². The fraction of sp³-hybridized carbons (Fsp3) is 0.125. The zero-order valence-corrected chi connectivity index (χ0v) is 13.6. The minimum Gasteiger partial charge on any atom is -0.334 e. The molecule has 0 bridgehead atoms. The Balaban J connectivity index is 1.59. The quantitative estimate of drug-likeness (QED) is 0.759. The number of carbonyl (C=O) groups is 1. The number of nitrogens with one attached hydrogen (secondary N) is 2. The van der Waals surface area contributed by atoms with Crippen LogP contribution in [0.3, 0.4) is 0 Å². The van der Waals surface area contributed by atoms with E-state index in [0.717, 1.165) is 11.1 Å². The Morgan fingerprint density at radius 1 is 1.38 bits per heavy atom. The van der Waals surface area contributed by atoms with Crippen molar-refractivity contribution < 1.29 is 9.32 Å². The van der Waals surface area contributed by atoms with E-state index in [1.165, 1.54) is 11.3 Å². The number of rotatable bonds is 4. The molecule has 0 aliphatic carbocycles. The van der Waals surface area contributed by atoms with Gasteiger partial charge in [-0.05, 0) is 30.0 Å². The normalized spacial score (nSPS) is 10.2. The molecule has 0 aliphatic heterocycles. The molecule has 0 fully saturated rings. The van der Waals surface area contributed by atoms with E-state index in [0.29, 0.717) is 22.3 Å². The summed E-state index contributed by atoms with van der Waals surface area (Å²) in [6.07, 6.45) is 0. The number of benzene rings is 1. The van der Waals surface area contributed by atoms with E-state index in [1.807, 2.05) is 42.6 Å². The van der Waals surface area contributed by atoms with Crippen molar-refractivity contribution in [3.05, 3.63) is 52.7 Å². The van der Waals surface area contributed by atoms with Crippen molar-refractivity contribution in [2.75, 3.05) is 5.32 Å². The third-order valence-corrected chi connectivity index (χ3v) is 4.22. The molecule has 1 aromatic carbocycles. The van der Waals surface area contributed by atoms with Crippen molar-refractivity contribution in [1.29, 1.82) is 5.26 Å². The molecule has 3 aromatic rings. The summed E-state index contributed by atoms with van der Waals surface area (Å²) in [6, 6.07) is 11.0. The van der Waals surface area contributed by atoms with Crippen molar-refractivity contribution >= 4 is 22.4 Å². The Morgan fingerprint density at radius 3 is 2.92 bits per heavy atom. The minimum absolute atomic E-state index is 0.119. The van der Waals surface area contributed by atoms with Crippen molar-refractivity contribution in [2.45, 2.75) is 13.5 Å². The second kappa shape index (κ2) is 6.93. The minimum atomic E-state index is -0.431. The number of urea groups is 1. The lowest BCUT2D eigenvalue weighted by atomic mass is 10.2. The molecule has 8 heteroatoms. The molecular weight excluding hydrogens is 326 g/mol. The van der Waals surface area contributed by atoms with Crippen LogP contribution >= 0.6 is 11.3 Å². The largest absolute Gasteiger partial charge is 0.334 e. The molecule has 0 spiro atoms. The number of amides is 2. The fourth-order valence-corrected chi connectivity index (χ4v) is 2.89. The van der Waals surface area contributed by atoms with Gasteiger partial charge in [0.05, 0.1) is 12.1 Å². The average Bonchev–Trinajstić information content (AvgIpc) is 3.21. The highest BCUT2D eigenvalue weighted by atomic mass is 32.1. The van der Waals surface area contributed by atoms with E-state index in [1.54, 1.807) is 0 Å². The Morgan fingerprint density at radius 2 is 2.17 bits per heavy atom. The van der Waals surface area contributed by atoms with Crippen LogP contribution in [0.25, 0.3) is 11.5 Å². The SMILES string of the molecule is Cc1csc(NC(=O)NCc2noc(-c3ccccc3)n2)c1C#N. The topological polar surface area (TPSA) is 104 Å². The van der Waals surface area contributed by atoms with Gasteiger partial charge in [-0.15, -0.1) is 11.3 Å². The molecule has 2 amide bonds. The third kappa shape index (κ3) is 3.42. The van der Waals surface area contributed by atoms with Gasteiger partial charge in [-0.2, -0.15) is 10.2 Å². The van der Waals surface area contributed by atoms with Crippen molar-refractivity contribution in [2.24, 2.45) is 0 Å². The van der Waals surface area contributed by atoms with Gasteiger partial charge in [0.25, 0.3) is 5.89 Å². The third-order valence-electron chi connectivity index (χ3n) is 3.21. The van der Waals surface area contributed by atoms with E-state index in [-0.39, 0.29) is 6.54 Å². The Kier molecular flexibility index (Phi) is 4.54. The number of hydrogen-bond donors (Lipinski definition) is 2. The first-order valence-corrected chi connectivity index (χ1v) is 7.96. The highest BCUT2D eigenvalue weighted by molar-refractivity contribution is 7.14. The Bertz CT molecular complexity index is 895. The molecular formula is C16H13N5O2S. The maximum Gasteiger partial charge on any atom is 0.320 e. The van der Waals surface area contributed by atoms with E-state index in [4.69, 9.17) is 9.78 Å². The van der Waals surface area contributed by atoms with Gasteiger partial charge in [-0.25, -0.2) is 4.79 Å². The predicted molar refractivity (Wildman–Crippen MR) is 89.4 cm³/mol. The summed E-state index contributed by atoms with van der Waals surface area (Å²) < 4.78 is 5.17. The summed E-state index contributed by atoms with van der Waals surface area (Å²) in [5, 5.41) is 20.5. The number of hydrogen-bond acceptors (Lipinski definition) is 6. The van der Waals surface area contributed by atoms with Crippen LogP contribution in [-0.2, 0) is 6.54 Å². The van der Waals surface area contributed by atoms with Crippen molar-refractivity contribution in [3.63, 3.8) is 0 Å². The molecule has 7 nitrogen and oxygen atoms in total. The van der Waals surface area contributed by atoms with Crippen LogP contribution in [0.4, 0.5) is 9.80 Å². The van der Waals surface area contributed by atoms with Crippen LogP contribution < -0.4 is 10.6 Å². The van der Waals surface area contributed by atoms with Crippen LogP contribution in [0.1, 0.15) is 17.0 Å². The molecule has 24 heavy (non-hydrogen) atoms. The molecule has 0 radical (unpaired) electrons. The molecule has 120 valence electrons. The number of thiophene rings is 1. The first-order valence-electron chi connectivity index (χ1n) is 7.08. The van der Waals surface area contributed by atoms with Gasteiger partial charge in [0.15, 0.2) is 5.82 Å². The van der Waals surface area contributed by atoms with Crippen LogP contribution in [0.2, 0.25) is 0 Å². The van der Waals surface area contributed by atoms with E-state index < -0.39 is 6.03 Å². The van der Waals surface area contributed by atoms with E-state index in [9.17, 15) is 4.79 Å². The lowest BCUT2D eigenvalue weighted by molar-refractivity contribution is 0.251. The maximum atomic E-state index is 11.9. The van der Waals surface area contributed by atoms with Gasteiger partial charge in [0.1, 0.15) is 11.1 Å². The van der Waals surface area contributed by atoms with Crippen LogP contribution in [0.15, 0.2) is 40.2 Å². The summed E-state index contributed by atoms with van der Waals surface area (Å²) in [7, 11) is 0. The molecule has 0 unspecified atom stereocenters. The van der Waals surface area contributed by atoms with Crippen LogP contribution in [0, 0.1) is 18.3 Å². The molecule has 0 atom stereocenters. The van der Waals surface area contributed by atoms with Gasteiger partial charge >= 0.3 is 6.03 Å². The first kappa shape index (κ1) is 15.7. The molecule has 3 rings (SSSR count). The van der Waals surface area contributed by atoms with Gasteiger partial charge < -0.3 is 9.84 Å². The molecule has 0 saturated carbocycles. The number of carbonyl (C=O) groups excluding carboxylic acids is 1. The molecule has 2 heterocycles. The number of aromatic nitrogens is 2. The van der Waals surface area contributed by atoms with Gasteiger partial charge in [-0.3, -0.25) is 5.32 Å². The maximum absolute atomic E-state index is 11.9. The lowest BCUT2D eigenvalue weighted by Crippen LogP contribution is -2.28. The molecule has 0 saturated heterocycles. The number of anilines is 1. The van der Waals surface area contributed by atoms with E-state index >= 15 is 0 Å². The summed E-state index contributed by atoms with van der Waals surface area (Å²) in [5.74, 6) is 0.764. The summed E-state index contributed by atoms with van der Waals surface area (Å²) in [5.41, 5.74) is 2.12. The molecule has 2 N–H and O–H groups in total. The zero-order valence-electron chi connectivity index (χ0n) is 12.7. The molecule has 0 aliphatic rings. The van der Waals surface area contributed by atoms with Crippen molar-refractivity contribution in [1.82, 2.24) is 15.5 Å². The first-order chi connectivity index (χ1) is 11.7. The average molecular weight is 339 g/mol. The Labute approximate surface area is 141 Å². The fourth-order valence-electron chi connectivity index (χ4n) is 2.01. The smallest absolute Gasteiger partial charge is 0.320 e. The standard InChI is InChI=1S/C16H13N5O2S/c1-10-9-24-15(12(10)7-17)20-16(22)18-8-13-19-14(23-21-13)11-5-3-2-4-6-11/h2-6,9H,8H2,1H3,(H2,18,20,22). The summed E-state index contributed by atoms with van der Waals surface area (Å²) in [4.78, 5) is 16.2. The zero-order chi connectivity index (χ0) is 16.9. The molecule has 2 aromatic heterocycles. The van der Waals surface area contributed by atoms with Crippen molar-refractivity contribution in [3.8, 4) is 17.5 Å². The summed E-state index contributed by atoms with van der Waals surface area (Å²) in [6.45, 7) is 1.94. The number of aryl methyl sites for hydroxylation is 1. The van der Waals surface area contributed by atoms with Gasteiger partial charge in [0, 0.05) is 5.56 Å². The van der Waals surface area contributed by atoms with E-state index in [2.05, 4.69) is 26.8 Å². The lowest BCUT2D eigenvalue weighted by Gasteiger charge is -2.04. The Hall–Kier alpha value is -3.18. The second-order valence-electron chi connectivity index (χ2n) is 4.92. The highest BCUT2D eigenvalue weighted by Gasteiger charge is 2.13. The predicted octanol–water partition coefficient (Wildman–Crippen LogP) is 3.30. The van der Waals surface area contributed by atoms with Gasteiger partial charge in [-0.1, -0.05) is 23.4 Å². The monoisotopic (exact) mass is 339 g/mol.